The van der Waals surface area contributed by atoms with Gasteiger partial charge in [0.25, 0.3) is 0 Å². The van der Waals surface area contributed by atoms with E-state index in [1.165, 1.54) is 42.4 Å². The van der Waals surface area contributed by atoms with Crippen LogP contribution >= 0.6 is 0 Å². The lowest BCUT2D eigenvalue weighted by atomic mass is 10.0. The molecule has 6 aromatic carbocycles. The van der Waals surface area contributed by atoms with E-state index in [1.54, 1.807) is 0 Å². The molecule has 0 N–H and O–H groups in total. The fourth-order valence-electron chi connectivity index (χ4n) is 6.28. The van der Waals surface area contributed by atoms with Gasteiger partial charge in [0.05, 0.1) is 0 Å². The lowest BCUT2D eigenvalue weighted by Gasteiger charge is -2.28. The van der Waals surface area contributed by atoms with Crippen LogP contribution in [0.25, 0.3) is 11.1 Å². The van der Waals surface area contributed by atoms with Crippen LogP contribution in [-0.2, 0) is 12.8 Å². The summed E-state index contributed by atoms with van der Waals surface area (Å²) in [6, 6.07) is 52.1. The van der Waals surface area contributed by atoms with Gasteiger partial charge in [0.15, 0.2) is 0 Å². The van der Waals surface area contributed by atoms with Gasteiger partial charge in [-0.3, -0.25) is 4.79 Å². The van der Waals surface area contributed by atoms with E-state index in [0.717, 1.165) is 64.4 Å². The van der Waals surface area contributed by atoms with Crippen molar-refractivity contribution in [2.45, 2.75) is 59.3 Å². The highest BCUT2D eigenvalue weighted by Crippen LogP contribution is 2.40. The van der Waals surface area contributed by atoms with E-state index in [1.807, 2.05) is 24.3 Å². The highest BCUT2D eigenvalue weighted by atomic mass is 16.1. The Balaban J connectivity index is 1.36. The summed E-state index contributed by atoms with van der Waals surface area (Å²) in [5.41, 5.74) is 13.6. The van der Waals surface area contributed by atoms with Gasteiger partial charge >= 0.3 is 0 Å². The third-order valence-corrected chi connectivity index (χ3v) is 9.19. The van der Waals surface area contributed by atoms with E-state index in [9.17, 15) is 4.79 Å². The second kappa shape index (κ2) is 16.1. The molecule has 0 radical (unpaired) electrons. The maximum absolute atomic E-state index is 11.2. The zero-order valence-electron chi connectivity index (χ0n) is 29.0. The molecular formula is C46H46N2O. The maximum Gasteiger partial charge on any atom is 0.150 e. The van der Waals surface area contributed by atoms with E-state index >= 15 is 0 Å². The standard InChI is InChI=1S/C46H46N2O/c1-4-6-8-36-14-24-42(25-15-36)47(41-22-10-35(3)11-23-41)45-30-32-46(33-31-45)48(43-26-16-37(17-27-43)9-7-5-2)44-28-20-40(21-29-44)39-18-12-38(34-49)13-19-39/h10-34H,4-9H2,1-3H3. The van der Waals surface area contributed by atoms with Crippen molar-refractivity contribution in [3.8, 4) is 11.1 Å². The van der Waals surface area contributed by atoms with Crippen LogP contribution in [0.2, 0.25) is 0 Å². The topological polar surface area (TPSA) is 23.6 Å². The van der Waals surface area contributed by atoms with Gasteiger partial charge in [-0.15, -0.1) is 0 Å². The summed E-state index contributed by atoms with van der Waals surface area (Å²) in [6.45, 7) is 6.61. The summed E-state index contributed by atoms with van der Waals surface area (Å²) >= 11 is 0. The van der Waals surface area contributed by atoms with Gasteiger partial charge in [-0.25, -0.2) is 0 Å². The molecule has 0 heterocycles. The summed E-state index contributed by atoms with van der Waals surface area (Å²) in [5.74, 6) is 0. The van der Waals surface area contributed by atoms with Crippen LogP contribution in [0, 0.1) is 6.92 Å². The molecule has 3 nitrogen and oxygen atoms in total. The van der Waals surface area contributed by atoms with Crippen LogP contribution in [0.15, 0.2) is 146 Å². The van der Waals surface area contributed by atoms with Crippen LogP contribution in [0.5, 0.6) is 0 Å². The largest absolute Gasteiger partial charge is 0.311 e. The monoisotopic (exact) mass is 642 g/mol. The smallest absolute Gasteiger partial charge is 0.150 e. The van der Waals surface area contributed by atoms with Gasteiger partial charge in [0, 0.05) is 39.7 Å². The van der Waals surface area contributed by atoms with Crippen LogP contribution in [-0.4, -0.2) is 6.29 Å². The molecule has 0 bridgehead atoms. The molecule has 0 amide bonds. The van der Waals surface area contributed by atoms with Gasteiger partial charge in [-0.1, -0.05) is 105 Å². The van der Waals surface area contributed by atoms with Crippen molar-refractivity contribution in [1.29, 1.82) is 0 Å². The minimum atomic E-state index is 0.683. The number of carbonyl (C=O) groups excluding carboxylic acids is 1. The Morgan fingerprint density at radius 2 is 0.735 bits per heavy atom. The SMILES string of the molecule is CCCCc1ccc(N(c2ccc(C)cc2)c2ccc(N(c3ccc(CCCC)cc3)c3ccc(-c4ccc(C=O)cc4)cc3)cc2)cc1. The molecule has 246 valence electrons. The van der Waals surface area contributed by atoms with Gasteiger partial charge in [0.2, 0.25) is 0 Å². The average molecular weight is 643 g/mol. The van der Waals surface area contributed by atoms with Gasteiger partial charge in [0.1, 0.15) is 6.29 Å². The van der Waals surface area contributed by atoms with E-state index in [-0.39, 0.29) is 0 Å². The molecule has 0 aliphatic heterocycles. The summed E-state index contributed by atoms with van der Waals surface area (Å²) in [5, 5.41) is 0. The number of aryl methyl sites for hydroxylation is 3. The van der Waals surface area contributed by atoms with Crippen molar-refractivity contribution < 1.29 is 4.79 Å². The molecule has 49 heavy (non-hydrogen) atoms. The normalized spacial score (nSPS) is 10.9. The lowest BCUT2D eigenvalue weighted by Crippen LogP contribution is -2.12. The summed E-state index contributed by atoms with van der Waals surface area (Å²) in [7, 11) is 0. The molecule has 0 aromatic heterocycles. The van der Waals surface area contributed by atoms with Crippen molar-refractivity contribution in [1.82, 2.24) is 0 Å². The second-order valence-electron chi connectivity index (χ2n) is 12.8. The molecule has 3 heteroatoms. The maximum atomic E-state index is 11.2. The first-order valence-electron chi connectivity index (χ1n) is 17.7. The van der Waals surface area contributed by atoms with Crippen molar-refractivity contribution in [3.63, 3.8) is 0 Å². The van der Waals surface area contributed by atoms with Crippen molar-refractivity contribution in [3.05, 3.63) is 168 Å². The fraction of sp³-hybridized carbons (Fsp3) is 0.196. The van der Waals surface area contributed by atoms with Gasteiger partial charge < -0.3 is 9.80 Å². The third-order valence-electron chi connectivity index (χ3n) is 9.19. The first-order chi connectivity index (χ1) is 24.1. The Labute approximate surface area is 292 Å². The van der Waals surface area contributed by atoms with E-state index in [2.05, 4.69) is 152 Å². The third kappa shape index (κ3) is 8.18. The molecule has 0 fully saturated rings. The molecule has 0 saturated heterocycles. The number of carbonyl (C=O) groups is 1. The van der Waals surface area contributed by atoms with E-state index in [0.29, 0.717) is 5.56 Å². The molecule has 0 spiro atoms. The first kappa shape index (κ1) is 33.5. The summed E-state index contributed by atoms with van der Waals surface area (Å²) in [6.07, 6.45) is 7.87. The van der Waals surface area contributed by atoms with Crippen LogP contribution in [0.3, 0.4) is 0 Å². The average Bonchev–Trinajstić information content (AvgIpc) is 3.16. The minimum absolute atomic E-state index is 0.683. The molecule has 0 saturated carbocycles. The summed E-state index contributed by atoms with van der Waals surface area (Å²) < 4.78 is 0. The lowest BCUT2D eigenvalue weighted by molar-refractivity contribution is 0.112. The Bertz CT molecular complexity index is 1910. The molecule has 0 aliphatic rings. The molecule has 0 atom stereocenters. The number of anilines is 6. The Morgan fingerprint density at radius 3 is 1.08 bits per heavy atom. The minimum Gasteiger partial charge on any atom is -0.311 e. The number of nitrogens with zero attached hydrogens (tertiary/aromatic N) is 2. The van der Waals surface area contributed by atoms with E-state index < -0.39 is 0 Å². The van der Waals surface area contributed by atoms with Crippen LogP contribution in [0.4, 0.5) is 34.1 Å². The number of benzene rings is 6. The van der Waals surface area contributed by atoms with Crippen molar-refractivity contribution in [2.24, 2.45) is 0 Å². The Morgan fingerprint density at radius 1 is 0.429 bits per heavy atom. The van der Waals surface area contributed by atoms with Crippen LogP contribution in [0.1, 0.15) is 66.6 Å². The number of aldehydes is 1. The number of hydrogen-bond acceptors (Lipinski definition) is 3. The summed E-state index contributed by atoms with van der Waals surface area (Å²) in [4.78, 5) is 15.8. The van der Waals surface area contributed by atoms with Gasteiger partial charge in [-0.05, 0) is 128 Å². The quantitative estimate of drug-likeness (QED) is 0.110. The fourth-order valence-corrected chi connectivity index (χ4v) is 6.28. The van der Waals surface area contributed by atoms with Crippen molar-refractivity contribution >= 4 is 40.4 Å². The van der Waals surface area contributed by atoms with E-state index in [4.69, 9.17) is 0 Å². The Hall–Kier alpha value is -5.41. The molecule has 0 aliphatic carbocycles. The number of hydrogen-bond donors (Lipinski definition) is 0. The number of unbranched alkanes of at least 4 members (excludes halogenated alkanes) is 2. The predicted octanol–water partition coefficient (Wildman–Crippen LogP) is 13.1. The number of rotatable bonds is 14. The Kier molecular flexibility index (Phi) is 11.0. The predicted molar refractivity (Wildman–Crippen MR) is 209 cm³/mol. The highest BCUT2D eigenvalue weighted by molar-refractivity contribution is 5.82. The van der Waals surface area contributed by atoms with Crippen LogP contribution < -0.4 is 9.80 Å². The van der Waals surface area contributed by atoms with Crippen molar-refractivity contribution in [2.75, 3.05) is 9.80 Å². The molecule has 6 aromatic rings. The molecule has 6 rings (SSSR count). The zero-order chi connectivity index (χ0) is 34.0. The highest BCUT2D eigenvalue weighted by Gasteiger charge is 2.16. The first-order valence-corrected chi connectivity index (χ1v) is 17.7. The molecule has 0 unspecified atom stereocenters. The zero-order valence-corrected chi connectivity index (χ0v) is 29.0. The van der Waals surface area contributed by atoms with Gasteiger partial charge in [-0.2, -0.15) is 0 Å². The molecular weight excluding hydrogens is 597 g/mol. The second-order valence-corrected chi connectivity index (χ2v) is 12.8.